The summed E-state index contributed by atoms with van der Waals surface area (Å²) in [5.41, 5.74) is 1.79. The van der Waals surface area contributed by atoms with Crippen molar-refractivity contribution in [1.82, 2.24) is 0 Å². The van der Waals surface area contributed by atoms with Crippen molar-refractivity contribution in [2.75, 3.05) is 23.4 Å². The quantitative estimate of drug-likeness (QED) is 0.687. The Morgan fingerprint density at radius 2 is 1.93 bits per heavy atom. The number of fused-ring (bicyclic) bond motifs is 1. The van der Waals surface area contributed by atoms with Crippen LogP contribution in [0.15, 0.2) is 18.2 Å². The van der Waals surface area contributed by atoms with E-state index < -0.39 is 21.9 Å². The van der Waals surface area contributed by atoms with Crippen molar-refractivity contribution in [3.63, 3.8) is 0 Å². The van der Waals surface area contributed by atoms with Gasteiger partial charge in [0.2, 0.25) is 10.0 Å². The zero-order valence-electron chi connectivity index (χ0n) is 15.3. The van der Waals surface area contributed by atoms with Gasteiger partial charge in [-0.2, -0.15) is 0 Å². The molecule has 0 bridgehead atoms. The monoisotopic (exact) mass is 442 g/mol. The molecule has 0 spiro atoms. The summed E-state index contributed by atoms with van der Waals surface area (Å²) in [6.45, 7) is 0. The fourth-order valence-electron chi connectivity index (χ4n) is 3.09. The topological polar surface area (TPSA) is 102 Å². The molecule has 1 aromatic heterocycles. The predicted molar refractivity (Wildman–Crippen MR) is 110 cm³/mol. The van der Waals surface area contributed by atoms with Crippen LogP contribution < -0.4 is 10.0 Å². The second kappa shape index (κ2) is 8.10. The van der Waals surface area contributed by atoms with Gasteiger partial charge in [-0.3, -0.25) is 9.52 Å². The van der Waals surface area contributed by atoms with Crippen LogP contribution in [0.4, 0.5) is 10.7 Å². The highest BCUT2D eigenvalue weighted by atomic mass is 35.5. The van der Waals surface area contributed by atoms with E-state index in [1.54, 1.807) is 0 Å². The number of hydrogen-bond donors (Lipinski definition) is 2. The Labute approximate surface area is 172 Å². The van der Waals surface area contributed by atoms with Crippen molar-refractivity contribution >= 4 is 55.5 Å². The SMILES string of the molecule is COC(=O)c1c(NC(=O)c2ccc(NS(C)(=O)=O)c(Cl)c2)sc2c1CCCC2. The highest BCUT2D eigenvalue weighted by Crippen LogP contribution is 2.38. The standard InChI is InChI=1S/C18H19ClN2O5S2/c1-26-18(23)15-11-5-3-4-6-14(11)27-17(15)20-16(22)10-7-8-13(12(19)9-10)21-28(2,24)25/h7-9,21H,3-6H2,1-2H3,(H,20,22). The number of sulfonamides is 1. The zero-order chi connectivity index (χ0) is 20.5. The summed E-state index contributed by atoms with van der Waals surface area (Å²) < 4.78 is 29.9. The third-order valence-electron chi connectivity index (χ3n) is 4.31. The highest BCUT2D eigenvalue weighted by molar-refractivity contribution is 7.92. The van der Waals surface area contributed by atoms with Crippen LogP contribution in [-0.2, 0) is 27.6 Å². The van der Waals surface area contributed by atoms with Gasteiger partial charge < -0.3 is 10.1 Å². The van der Waals surface area contributed by atoms with Gasteiger partial charge in [0.25, 0.3) is 5.91 Å². The lowest BCUT2D eigenvalue weighted by Crippen LogP contribution is -2.15. The van der Waals surface area contributed by atoms with Crippen LogP contribution in [0.5, 0.6) is 0 Å². The van der Waals surface area contributed by atoms with Crippen molar-refractivity contribution in [2.24, 2.45) is 0 Å². The molecule has 1 amide bonds. The Bertz CT molecular complexity index is 1050. The maximum absolute atomic E-state index is 12.7. The molecule has 0 saturated carbocycles. The molecule has 0 radical (unpaired) electrons. The van der Waals surface area contributed by atoms with E-state index in [1.807, 2.05) is 0 Å². The normalized spacial score (nSPS) is 13.5. The number of thiophene rings is 1. The summed E-state index contributed by atoms with van der Waals surface area (Å²) in [6.07, 6.45) is 4.70. The lowest BCUT2D eigenvalue weighted by molar-refractivity contribution is 0.0601. The predicted octanol–water partition coefficient (Wildman–Crippen LogP) is 3.69. The fraction of sp³-hybridized carbons (Fsp3) is 0.333. The van der Waals surface area contributed by atoms with Crippen LogP contribution in [0, 0.1) is 0 Å². The second-order valence-corrected chi connectivity index (χ2v) is 9.69. The third kappa shape index (κ3) is 4.48. The van der Waals surface area contributed by atoms with E-state index in [9.17, 15) is 18.0 Å². The summed E-state index contributed by atoms with van der Waals surface area (Å²) >= 11 is 7.48. The number of hydrogen-bond acceptors (Lipinski definition) is 6. The van der Waals surface area contributed by atoms with E-state index in [4.69, 9.17) is 16.3 Å². The Morgan fingerprint density at radius 1 is 1.21 bits per heavy atom. The number of aryl methyl sites for hydroxylation is 1. The summed E-state index contributed by atoms with van der Waals surface area (Å²) in [7, 11) is -2.17. The van der Waals surface area contributed by atoms with Crippen molar-refractivity contribution in [2.45, 2.75) is 25.7 Å². The number of anilines is 2. The Kier molecular flexibility index (Phi) is 5.97. The molecule has 2 aromatic rings. The van der Waals surface area contributed by atoms with Crippen molar-refractivity contribution in [3.05, 3.63) is 44.8 Å². The highest BCUT2D eigenvalue weighted by Gasteiger charge is 2.27. The minimum absolute atomic E-state index is 0.0942. The molecule has 3 rings (SSSR count). The van der Waals surface area contributed by atoms with Gasteiger partial charge in [0.15, 0.2) is 0 Å². The van der Waals surface area contributed by atoms with E-state index in [-0.39, 0.29) is 16.3 Å². The number of esters is 1. The molecule has 1 aliphatic carbocycles. The maximum atomic E-state index is 12.7. The first-order chi connectivity index (χ1) is 13.2. The van der Waals surface area contributed by atoms with E-state index >= 15 is 0 Å². The Morgan fingerprint density at radius 3 is 2.57 bits per heavy atom. The van der Waals surface area contributed by atoms with E-state index in [0.29, 0.717) is 10.6 Å². The number of rotatable bonds is 5. The first kappa shape index (κ1) is 20.6. The smallest absolute Gasteiger partial charge is 0.341 e. The van der Waals surface area contributed by atoms with Gasteiger partial charge in [-0.1, -0.05) is 11.6 Å². The van der Waals surface area contributed by atoms with Crippen LogP contribution in [0.3, 0.4) is 0 Å². The first-order valence-electron chi connectivity index (χ1n) is 8.51. The van der Waals surface area contributed by atoms with Gasteiger partial charge in [0, 0.05) is 10.4 Å². The first-order valence-corrected chi connectivity index (χ1v) is 11.6. The van der Waals surface area contributed by atoms with Gasteiger partial charge in [0.05, 0.1) is 29.6 Å². The van der Waals surface area contributed by atoms with Crippen molar-refractivity contribution in [1.29, 1.82) is 0 Å². The molecule has 0 saturated heterocycles. The fourth-order valence-corrected chi connectivity index (χ4v) is 5.22. The minimum atomic E-state index is -3.49. The largest absolute Gasteiger partial charge is 0.465 e. The number of carbonyl (C=O) groups excluding carboxylic acids is 2. The number of amides is 1. The summed E-state index contributed by atoms with van der Waals surface area (Å²) in [4.78, 5) is 26.0. The molecule has 0 unspecified atom stereocenters. The molecular formula is C18H19ClN2O5S2. The number of methoxy groups -OCH3 is 1. The molecule has 2 N–H and O–H groups in total. The lowest BCUT2D eigenvalue weighted by atomic mass is 9.95. The van der Waals surface area contributed by atoms with Gasteiger partial charge >= 0.3 is 5.97 Å². The Hall–Kier alpha value is -2.10. The van der Waals surface area contributed by atoms with Crippen LogP contribution in [0.1, 0.15) is 44.0 Å². The molecule has 1 aromatic carbocycles. The number of halogens is 1. The molecule has 10 heteroatoms. The maximum Gasteiger partial charge on any atom is 0.341 e. The molecule has 7 nitrogen and oxygen atoms in total. The van der Waals surface area contributed by atoms with E-state index in [0.717, 1.165) is 42.4 Å². The van der Waals surface area contributed by atoms with Crippen LogP contribution in [0.25, 0.3) is 0 Å². The molecule has 0 fully saturated rings. The summed E-state index contributed by atoms with van der Waals surface area (Å²) in [6, 6.07) is 4.24. The van der Waals surface area contributed by atoms with Gasteiger partial charge in [-0.15, -0.1) is 11.3 Å². The minimum Gasteiger partial charge on any atom is -0.465 e. The number of ether oxygens (including phenoxy) is 1. The summed E-state index contributed by atoms with van der Waals surface area (Å²) in [5.74, 6) is -0.919. The lowest BCUT2D eigenvalue weighted by Gasteiger charge is -2.12. The Balaban J connectivity index is 1.88. The molecular weight excluding hydrogens is 424 g/mol. The number of benzene rings is 1. The van der Waals surface area contributed by atoms with Crippen LogP contribution >= 0.6 is 22.9 Å². The zero-order valence-corrected chi connectivity index (χ0v) is 17.7. The molecule has 0 aliphatic heterocycles. The van der Waals surface area contributed by atoms with Gasteiger partial charge in [-0.05, 0) is 49.4 Å². The molecule has 1 aliphatic rings. The molecule has 1 heterocycles. The van der Waals surface area contributed by atoms with Gasteiger partial charge in [0.1, 0.15) is 5.00 Å². The van der Waals surface area contributed by atoms with Crippen LogP contribution in [-0.4, -0.2) is 33.7 Å². The van der Waals surface area contributed by atoms with E-state index in [2.05, 4.69) is 10.0 Å². The van der Waals surface area contributed by atoms with Crippen LogP contribution in [0.2, 0.25) is 5.02 Å². The van der Waals surface area contributed by atoms with E-state index in [1.165, 1.54) is 36.6 Å². The van der Waals surface area contributed by atoms with Crippen molar-refractivity contribution < 1.29 is 22.7 Å². The third-order valence-corrected chi connectivity index (χ3v) is 6.43. The average Bonchev–Trinajstić information content (AvgIpc) is 2.99. The summed E-state index contributed by atoms with van der Waals surface area (Å²) in [5, 5.41) is 3.33. The number of carbonyl (C=O) groups is 2. The average molecular weight is 443 g/mol. The van der Waals surface area contributed by atoms with Gasteiger partial charge in [-0.25, -0.2) is 13.2 Å². The van der Waals surface area contributed by atoms with Crippen molar-refractivity contribution in [3.8, 4) is 0 Å². The second-order valence-electron chi connectivity index (χ2n) is 6.43. The molecule has 0 atom stereocenters. The molecule has 28 heavy (non-hydrogen) atoms. The number of nitrogens with one attached hydrogen (secondary N) is 2. The molecule has 150 valence electrons.